The van der Waals surface area contributed by atoms with Crippen LogP contribution < -0.4 is 5.32 Å². The summed E-state index contributed by atoms with van der Waals surface area (Å²) < 4.78 is 5.53. The highest BCUT2D eigenvalue weighted by Crippen LogP contribution is 2.14. The first-order chi connectivity index (χ1) is 10.2. The van der Waals surface area contributed by atoms with Crippen molar-refractivity contribution in [1.82, 2.24) is 5.32 Å². The molecule has 122 valence electrons. The Kier molecular flexibility index (Phi) is 10.8. The summed E-state index contributed by atoms with van der Waals surface area (Å²) in [6.45, 7) is 6.98. The van der Waals surface area contributed by atoms with E-state index in [0.29, 0.717) is 13.2 Å². The third kappa shape index (κ3) is 9.25. The predicted octanol–water partition coefficient (Wildman–Crippen LogP) is 3.88. The number of aliphatic hydroxyl groups excluding tert-OH is 1. The fourth-order valence-electron chi connectivity index (χ4n) is 2.20. The van der Waals surface area contributed by atoms with Gasteiger partial charge < -0.3 is 15.2 Å². The Morgan fingerprint density at radius 2 is 2.00 bits per heavy atom. The van der Waals surface area contributed by atoms with Crippen molar-refractivity contribution in [3.05, 3.63) is 21.9 Å². The van der Waals surface area contributed by atoms with Gasteiger partial charge in [0.2, 0.25) is 0 Å². The van der Waals surface area contributed by atoms with Gasteiger partial charge in [-0.25, -0.2) is 0 Å². The summed E-state index contributed by atoms with van der Waals surface area (Å²) in [4.78, 5) is 1.34. The molecule has 1 heterocycles. The van der Waals surface area contributed by atoms with Crippen molar-refractivity contribution in [2.45, 2.75) is 65.0 Å². The zero-order valence-corrected chi connectivity index (χ0v) is 14.4. The van der Waals surface area contributed by atoms with Crippen LogP contribution in [-0.2, 0) is 11.3 Å². The fraction of sp³-hybridized carbons (Fsp3) is 0.765. The van der Waals surface area contributed by atoms with Gasteiger partial charge in [-0.3, -0.25) is 0 Å². The van der Waals surface area contributed by atoms with Gasteiger partial charge in [-0.05, 0) is 30.4 Å². The first-order valence-corrected chi connectivity index (χ1v) is 9.11. The number of hydrogen-bond donors (Lipinski definition) is 2. The molecule has 1 aromatic rings. The summed E-state index contributed by atoms with van der Waals surface area (Å²) in [6.07, 6.45) is 7.22. The molecule has 2 N–H and O–H groups in total. The Hall–Kier alpha value is -0.420. The molecule has 0 aliphatic heterocycles. The maximum atomic E-state index is 9.84. The Bertz CT molecular complexity index is 354. The van der Waals surface area contributed by atoms with E-state index in [9.17, 15) is 5.11 Å². The molecular formula is C17H31NO2S. The van der Waals surface area contributed by atoms with Crippen LogP contribution >= 0.6 is 11.3 Å². The molecule has 0 aliphatic carbocycles. The quantitative estimate of drug-likeness (QED) is 0.543. The van der Waals surface area contributed by atoms with Gasteiger partial charge in [0.1, 0.15) is 0 Å². The average Bonchev–Trinajstić information content (AvgIpc) is 2.87. The molecule has 3 nitrogen and oxygen atoms in total. The molecule has 0 amide bonds. The minimum Gasteiger partial charge on any atom is -0.389 e. The van der Waals surface area contributed by atoms with Gasteiger partial charge >= 0.3 is 0 Å². The number of nitrogens with one attached hydrogen (secondary N) is 1. The summed E-state index contributed by atoms with van der Waals surface area (Å²) >= 11 is 1.76. The van der Waals surface area contributed by atoms with Crippen LogP contribution in [-0.4, -0.2) is 31.0 Å². The fourth-order valence-corrected chi connectivity index (χ4v) is 3.08. The molecule has 0 spiro atoms. The van der Waals surface area contributed by atoms with Gasteiger partial charge in [-0.2, -0.15) is 0 Å². The molecule has 1 atom stereocenters. The van der Waals surface area contributed by atoms with Crippen molar-refractivity contribution in [3.8, 4) is 0 Å². The van der Waals surface area contributed by atoms with Gasteiger partial charge in [0, 0.05) is 24.6 Å². The molecule has 0 saturated carbocycles. The first kappa shape index (κ1) is 18.6. The van der Waals surface area contributed by atoms with E-state index >= 15 is 0 Å². The highest BCUT2D eigenvalue weighted by molar-refractivity contribution is 7.10. The largest absolute Gasteiger partial charge is 0.389 e. The van der Waals surface area contributed by atoms with Gasteiger partial charge in [0.15, 0.2) is 0 Å². The summed E-state index contributed by atoms with van der Waals surface area (Å²) in [6, 6.07) is 2.13. The maximum Gasteiger partial charge on any atom is 0.0897 e. The summed E-state index contributed by atoms with van der Waals surface area (Å²) in [5, 5.41) is 15.2. The van der Waals surface area contributed by atoms with Crippen LogP contribution in [0.25, 0.3) is 0 Å². The molecule has 4 heteroatoms. The molecule has 1 unspecified atom stereocenters. The number of thiophene rings is 1. The van der Waals surface area contributed by atoms with Crippen LogP contribution in [0.2, 0.25) is 0 Å². The van der Waals surface area contributed by atoms with Crippen molar-refractivity contribution in [1.29, 1.82) is 0 Å². The Morgan fingerprint density at radius 3 is 2.71 bits per heavy atom. The zero-order valence-electron chi connectivity index (χ0n) is 13.6. The molecule has 21 heavy (non-hydrogen) atoms. The second kappa shape index (κ2) is 12.2. The third-order valence-electron chi connectivity index (χ3n) is 3.59. The highest BCUT2D eigenvalue weighted by Gasteiger charge is 2.05. The van der Waals surface area contributed by atoms with E-state index in [4.69, 9.17) is 4.74 Å². The lowest BCUT2D eigenvalue weighted by Gasteiger charge is -2.12. The molecule has 0 aliphatic rings. The summed E-state index contributed by atoms with van der Waals surface area (Å²) in [5.41, 5.74) is 1.32. The van der Waals surface area contributed by atoms with E-state index < -0.39 is 6.10 Å². The summed E-state index contributed by atoms with van der Waals surface area (Å²) in [7, 11) is 0. The predicted molar refractivity (Wildman–Crippen MR) is 91.0 cm³/mol. The minimum absolute atomic E-state index is 0.412. The molecule has 0 bridgehead atoms. The van der Waals surface area contributed by atoms with Crippen LogP contribution in [0.3, 0.4) is 0 Å². The second-order valence-corrected chi connectivity index (χ2v) is 6.65. The Morgan fingerprint density at radius 1 is 1.24 bits per heavy atom. The van der Waals surface area contributed by atoms with E-state index in [1.807, 2.05) is 0 Å². The SMILES string of the molecule is CCCCCCCCOCC(O)CNCc1sccc1C. The number of rotatable bonds is 13. The van der Waals surface area contributed by atoms with E-state index in [0.717, 1.165) is 19.6 Å². The van der Waals surface area contributed by atoms with E-state index in [-0.39, 0.29) is 0 Å². The molecule has 0 fully saturated rings. The van der Waals surface area contributed by atoms with Crippen LogP contribution in [0, 0.1) is 6.92 Å². The van der Waals surface area contributed by atoms with Crippen LogP contribution in [0.4, 0.5) is 0 Å². The summed E-state index contributed by atoms with van der Waals surface area (Å²) in [5.74, 6) is 0. The van der Waals surface area contributed by atoms with Gasteiger partial charge in [0.05, 0.1) is 12.7 Å². The molecule has 1 rings (SSSR count). The van der Waals surface area contributed by atoms with Gasteiger partial charge in [-0.15, -0.1) is 11.3 Å². The van der Waals surface area contributed by atoms with Crippen molar-refractivity contribution in [3.63, 3.8) is 0 Å². The van der Waals surface area contributed by atoms with Crippen molar-refractivity contribution in [2.75, 3.05) is 19.8 Å². The minimum atomic E-state index is -0.412. The number of aliphatic hydroxyl groups is 1. The molecule has 0 saturated heterocycles. The van der Waals surface area contributed by atoms with Crippen LogP contribution in [0.5, 0.6) is 0 Å². The number of unbranched alkanes of at least 4 members (excludes halogenated alkanes) is 5. The van der Waals surface area contributed by atoms with Crippen LogP contribution in [0.1, 0.15) is 55.9 Å². The van der Waals surface area contributed by atoms with Crippen molar-refractivity contribution < 1.29 is 9.84 Å². The number of hydrogen-bond acceptors (Lipinski definition) is 4. The van der Waals surface area contributed by atoms with Gasteiger partial charge in [-0.1, -0.05) is 39.0 Å². The number of ether oxygens (including phenoxy) is 1. The Labute approximate surface area is 133 Å². The van der Waals surface area contributed by atoms with Crippen LogP contribution in [0.15, 0.2) is 11.4 Å². The smallest absolute Gasteiger partial charge is 0.0897 e. The van der Waals surface area contributed by atoms with Gasteiger partial charge in [0.25, 0.3) is 0 Å². The molecule has 0 radical (unpaired) electrons. The lowest BCUT2D eigenvalue weighted by molar-refractivity contribution is 0.0353. The van der Waals surface area contributed by atoms with E-state index in [1.54, 1.807) is 11.3 Å². The lowest BCUT2D eigenvalue weighted by Crippen LogP contribution is -2.30. The lowest BCUT2D eigenvalue weighted by atomic mass is 10.1. The number of aryl methyl sites for hydroxylation is 1. The standard InChI is InChI=1S/C17H31NO2S/c1-3-4-5-6-7-8-10-20-14-16(19)12-18-13-17-15(2)9-11-21-17/h9,11,16,18-19H,3-8,10,12-14H2,1-2H3. The third-order valence-corrected chi connectivity index (χ3v) is 4.61. The van der Waals surface area contributed by atoms with E-state index in [2.05, 4.69) is 30.6 Å². The molecule has 0 aromatic carbocycles. The second-order valence-electron chi connectivity index (χ2n) is 5.65. The van der Waals surface area contributed by atoms with Crippen molar-refractivity contribution in [2.24, 2.45) is 0 Å². The topological polar surface area (TPSA) is 41.5 Å². The maximum absolute atomic E-state index is 9.84. The normalized spacial score (nSPS) is 12.7. The first-order valence-electron chi connectivity index (χ1n) is 8.23. The zero-order chi connectivity index (χ0) is 15.3. The van der Waals surface area contributed by atoms with Crippen molar-refractivity contribution >= 4 is 11.3 Å². The van der Waals surface area contributed by atoms with E-state index in [1.165, 1.54) is 42.5 Å². The molecule has 1 aromatic heterocycles. The monoisotopic (exact) mass is 313 g/mol. The Balaban J connectivity index is 1.90. The highest BCUT2D eigenvalue weighted by atomic mass is 32.1. The molecular weight excluding hydrogens is 282 g/mol. The average molecular weight is 314 g/mol.